The minimum absolute atomic E-state index is 0.0296. The lowest BCUT2D eigenvalue weighted by Gasteiger charge is -2.16. The molecule has 1 aromatic carbocycles. The molecule has 1 aliphatic heterocycles. The Bertz CT molecular complexity index is 1340. The summed E-state index contributed by atoms with van der Waals surface area (Å²) in [6.07, 6.45) is 1.02. The van der Waals surface area contributed by atoms with Crippen molar-refractivity contribution in [2.75, 3.05) is 11.9 Å². The molecule has 0 radical (unpaired) electrons. The number of ether oxygens (including phenoxy) is 1. The van der Waals surface area contributed by atoms with Crippen LogP contribution in [0.15, 0.2) is 61.1 Å². The topological polar surface area (TPSA) is 94.8 Å². The van der Waals surface area contributed by atoms with Gasteiger partial charge in [-0.25, -0.2) is 13.8 Å². The van der Waals surface area contributed by atoms with Crippen LogP contribution in [0.5, 0.6) is 5.75 Å². The second kappa shape index (κ2) is 8.97. The Kier molecular flexibility index (Phi) is 5.70. The van der Waals surface area contributed by atoms with Crippen LogP contribution in [0.4, 0.5) is 14.6 Å². The normalized spacial score (nSPS) is 15.8. The van der Waals surface area contributed by atoms with Crippen LogP contribution in [0, 0.1) is 0 Å². The van der Waals surface area contributed by atoms with Crippen molar-refractivity contribution in [3.05, 3.63) is 72.3 Å². The Morgan fingerprint density at radius 2 is 2.00 bits per heavy atom. The molecule has 8 nitrogen and oxygen atoms in total. The maximum absolute atomic E-state index is 13.2. The van der Waals surface area contributed by atoms with E-state index in [1.807, 2.05) is 11.5 Å². The second-order valence-corrected chi connectivity index (χ2v) is 7.89. The molecule has 0 saturated carbocycles. The van der Waals surface area contributed by atoms with Crippen LogP contribution < -0.4 is 10.1 Å². The number of hydrogen-bond donors (Lipinski definition) is 1. The van der Waals surface area contributed by atoms with Crippen LogP contribution in [0.3, 0.4) is 0 Å². The highest BCUT2D eigenvalue weighted by atomic mass is 19.3. The van der Waals surface area contributed by atoms with E-state index < -0.39 is 12.3 Å². The summed E-state index contributed by atoms with van der Waals surface area (Å²) in [5.74, 6) is 0.947. The largest absolute Gasteiger partial charge is 0.493 e. The summed E-state index contributed by atoms with van der Waals surface area (Å²) in [4.78, 5) is 21.6. The fourth-order valence-electron chi connectivity index (χ4n) is 3.76. The molecule has 3 aromatic heterocycles. The standard InChI is InChI=1S/C24H20F2N6O2/c1-14-9-10-34-20-8-6-15(16-5-7-18(22(25)26)27-12-16)11-17(20)24(33)30-21-4-2-3-19(29-21)23-31-28-13-32(14)23/h2-8,11-14,22H,9-10H2,1H3,(H,29,30,33). The monoisotopic (exact) mass is 462 g/mol. The summed E-state index contributed by atoms with van der Waals surface area (Å²) in [5.41, 5.74) is 1.84. The fraction of sp³-hybridized carbons (Fsp3) is 0.208. The molecule has 0 aliphatic carbocycles. The fourth-order valence-corrected chi connectivity index (χ4v) is 3.76. The Morgan fingerprint density at radius 1 is 1.15 bits per heavy atom. The Labute approximate surface area is 193 Å². The van der Waals surface area contributed by atoms with Crippen molar-refractivity contribution in [1.82, 2.24) is 24.7 Å². The molecule has 2 bridgehead atoms. The minimum Gasteiger partial charge on any atom is -0.493 e. The van der Waals surface area contributed by atoms with Gasteiger partial charge in [-0.15, -0.1) is 10.2 Å². The lowest BCUT2D eigenvalue weighted by molar-refractivity contribution is 0.102. The number of aromatic nitrogens is 5. The van der Waals surface area contributed by atoms with Crippen molar-refractivity contribution in [3.8, 4) is 28.4 Å². The van der Waals surface area contributed by atoms with Gasteiger partial charge in [0.05, 0.1) is 12.2 Å². The number of rotatable bonds is 2. The van der Waals surface area contributed by atoms with Crippen LogP contribution in [0.25, 0.3) is 22.6 Å². The number of pyridine rings is 2. The Morgan fingerprint density at radius 3 is 2.79 bits per heavy atom. The molecule has 34 heavy (non-hydrogen) atoms. The number of carbonyl (C=O) groups excluding carboxylic acids is 1. The molecule has 4 aromatic rings. The smallest absolute Gasteiger partial charge is 0.280 e. The molecule has 1 amide bonds. The Hall–Kier alpha value is -4.21. The quantitative estimate of drug-likeness (QED) is 0.454. The molecule has 1 aliphatic rings. The van der Waals surface area contributed by atoms with E-state index in [9.17, 15) is 13.6 Å². The van der Waals surface area contributed by atoms with Gasteiger partial charge in [0.25, 0.3) is 12.3 Å². The molecule has 1 atom stereocenters. The van der Waals surface area contributed by atoms with E-state index in [2.05, 4.69) is 25.5 Å². The number of carbonyl (C=O) groups is 1. The molecular weight excluding hydrogens is 442 g/mol. The molecule has 5 rings (SSSR count). The van der Waals surface area contributed by atoms with E-state index in [1.165, 1.54) is 12.3 Å². The zero-order valence-electron chi connectivity index (χ0n) is 18.2. The zero-order valence-corrected chi connectivity index (χ0v) is 18.2. The first-order valence-electron chi connectivity index (χ1n) is 10.7. The highest BCUT2D eigenvalue weighted by Crippen LogP contribution is 2.30. The summed E-state index contributed by atoms with van der Waals surface area (Å²) < 4.78 is 33.6. The van der Waals surface area contributed by atoms with Gasteiger partial charge in [-0.2, -0.15) is 0 Å². The molecule has 0 fully saturated rings. The summed E-state index contributed by atoms with van der Waals surface area (Å²) in [5, 5.41) is 11.0. The van der Waals surface area contributed by atoms with Crippen LogP contribution in [-0.2, 0) is 0 Å². The third-order valence-electron chi connectivity index (χ3n) is 5.63. The summed E-state index contributed by atoms with van der Waals surface area (Å²) >= 11 is 0. The van der Waals surface area contributed by atoms with Crippen molar-refractivity contribution in [2.24, 2.45) is 0 Å². The SMILES string of the molecule is CC1CCOc2ccc(-c3ccc(C(F)F)nc3)cc2C(=O)Nc2cccc(n2)-c2nncn21. The van der Waals surface area contributed by atoms with Crippen molar-refractivity contribution >= 4 is 11.7 Å². The lowest BCUT2D eigenvalue weighted by Crippen LogP contribution is -2.15. The van der Waals surface area contributed by atoms with Crippen LogP contribution in [0.1, 0.15) is 41.9 Å². The van der Waals surface area contributed by atoms with Gasteiger partial charge in [0.15, 0.2) is 5.82 Å². The van der Waals surface area contributed by atoms with Gasteiger partial charge in [0.1, 0.15) is 29.3 Å². The summed E-state index contributed by atoms with van der Waals surface area (Å²) in [7, 11) is 0. The van der Waals surface area contributed by atoms with Crippen LogP contribution in [0.2, 0.25) is 0 Å². The van der Waals surface area contributed by atoms with Crippen molar-refractivity contribution in [2.45, 2.75) is 25.8 Å². The number of nitrogens with zero attached hydrogens (tertiary/aromatic N) is 5. The van der Waals surface area contributed by atoms with E-state index in [0.29, 0.717) is 52.8 Å². The number of amides is 1. The molecule has 0 spiro atoms. The first-order valence-corrected chi connectivity index (χ1v) is 10.7. The van der Waals surface area contributed by atoms with E-state index >= 15 is 0 Å². The van der Waals surface area contributed by atoms with E-state index in [0.717, 1.165) is 0 Å². The number of anilines is 1. The minimum atomic E-state index is -2.65. The van der Waals surface area contributed by atoms with E-state index in [1.54, 1.807) is 48.8 Å². The average molecular weight is 462 g/mol. The van der Waals surface area contributed by atoms with E-state index in [4.69, 9.17) is 4.74 Å². The molecule has 4 heterocycles. The number of benzene rings is 1. The molecule has 10 heteroatoms. The second-order valence-electron chi connectivity index (χ2n) is 7.89. The van der Waals surface area contributed by atoms with E-state index in [-0.39, 0.29) is 11.7 Å². The summed E-state index contributed by atoms with van der Waals surface area (Å²) in [6, 6.07) is 13.3. The molecule has 1 unspecified atom stereocenters. The molecule has 1 N–H and O–H groups in total. The van der Waals surface area contributed by atoms with Crippen molar-refractivity contribution in [3.63, 3.8) is 0 Å². The third-order valence-corrected chi connectivity index (χ3v) is 5.63. The first-order chi connectivity index (χ1) is 16.5. The lowest BCUT2D eigenvalue weighted by atomic mass is 10.0. The highest BCUT2D eigenvalue weighted by molar-refractivity contribution is 6.06. The number of alkyl halides is 2. The van der Waals surface area contributed by atoms with Crippen molar-refractivity contribution in [1.29, 1.82) is 0 Å². The van der Waals surface area contributed by atoms with Crippen LogP contribution >= 0.6 is 0 Å². The van der Waals surface area contributed by atoms with Gasteiger partial charge in [0, 0.05) is 24.2 Å². The number of hydrogen-bond acceptors (Lipinski definition) is 6. The molecule has 172 valence electrons. The number of halogens is 2. The molecular formula is C24H20F2N6O2. The predicted octanol–water partition coefficient (Wildman–Crippen LogP) is 4.94. The van der Waals surface area contributed by atoms with Crippen molar-refractivity contribution < 1.29 is 18.3 Å². The van der Waals surface area contributed by atoms with Gasteiger partial charge in [-0.05, 0) is 42.8 Å². The number of nitrogens with one attached hydrogen (secondary N) is 1. The zero-order chi connectivity index (χ0) is 23.7. The Balaban J connectivity index is 1.53. The van der Waals surface area contributed by atoms with Gasteiger partial charge in [-0.3, -0.25) is 9.78 Å². The maximum Gasteiger partial charge on any atom is 0.280 e. The summed E-state index contributed by atoms with van der Waals surface area (Å²) in [6.45, 7) is 2.39. The first kappa shape index (κ1) is 21.6. The van der Waals surface area contributed by atoms with Gasteiger partial charge in [-0.1, -0.05) is 18.2 Å². The predicted molar refractivity (Wildman–Crippen MR) is 121 cm³/mol. The van der Waals surface area contributed by atoms with Gasteiger partial charge < -0.3 is 14.6 Å². The van der Waals surface area contributed by atoms with Gasteiger partial charge >= 0.3 is 0 Å². The third kappa shape index (κ3) is 4.21. The number of fused-ring (bicyclic) bond motifs is 5. The van der Waals surface area contributed by atoms with Gasteiger partial charge in [0.2, 0.25) is 0 Å². The average Bonchev–Trinajstić information content (AvgIpc) is 3.34. The molecule has 0 saturated heterocycles. The van der Waals surface area contributed by atoms with Crippen LogP contribution in [-0.4, -0.2) is 37.2 Å². The maximum atomic E-state index is 13.2. The highest BCUT2D eigenvalue weighted by Gasteiger charge is 2.20.